The van der Waals surface area contributed by atoms with Crippen LogP contribution in [0.15, 0.2) is 66.7 Å². The Morgan fingerprint density at radius 3 is 1.86 bits per heavy atom. The minimum absolute atomic E-state index is 0.162. The van der Waals surface area contributed by atoms with Crippen molar-refractivity contribution in [2.75, 3.05) is 0 Å². The van der Waals surface area contributed by atoms with E-state index >= 15 is 0 Å². The highest BCUT2D eigenvalue weighted by molar-refractivity contribution is 5.96. The average Bonchev–Trinajstić information content (AvgIpc) is 2.71. The van der Waals surface area contributed by atoms with Gasteiger partial charge in [-0.2, -0.15) is 0 Å². The zero-order valence-corrected chi connectivity index (χ0v) is 15.8. The smallest absolute Gasteiger partial charge is 0.274 e. The second-order valence-corrected chi connectivity index (χ2v) is 6.78. The summed E-state index contributed by atoms with van der Waals surface area (Å²) in [5.74, 6) is -0.741. The molecule has 2 amide bonds. The summed E-state index contributed by atoms with van der Waals surface area (Å²) in [5, 5.41) is 11.8. The Bertz CT molecular complexity index is 1010. The van der Waals surface area contributed by atoms with Gasteiger partial charge in [-0.1, -0.05) is 53.6 Å². The third-order valence-electron chi connectivity index (χ3n) is 4.42. The lowest BCUT2D eigenvalue weighted by atomic mass is 10.0. The van der Waals surface area contributed by atoms with Crippen LogP contribution in [-0.2, 0) is 6.54 Å². The van der Waals surface area contributed by atoms with Crippen LogP contribution >= 0.6 is 0 Å². The summed E-state index contributed by atoms with van der Waals surface area (Å²) in [7, 11) is 0. The number of amides is 2. The quantitative estimate of drug-likeness (QED) is 0.466. The number of hydroxylamine groups is 1. The third-order valence-corrected chi connectivity index (χ3v) is 4.42. The Kier molecular flexibility index (Phi) is 5.87. The summed E-state index contributed by atoms with van der Waals surface area (Å²) in [6, 6.07) is 20.3. The van der Waals surface area contributed by atoms with E-state index in [0.717, 1.165) is 27.8 Å². The fourth-order valence-corrected chi connectivity index (χ4v) is 3.20. The minimum atomic E-state index is -0.579. The van der Waals surface area contributed by atoms with Gasteiger partial charge in [0.1, 0.15) is 0 Å². The van der Waals surface area contributed by atoms with E-state index in [4.69, 9.17) is 5.21 Å². The van der Waals surface area contributed by atoms with Gasteiger partial charge in [0.15, 0.2) is 0 Å². The van der Waals surface area contributed by atoms with Gasteiger partial charge in [-0.15, -0.1) is 0 Å². The summed E-state index contributed by atoms with van der Waals surface area (Å²) in [6.45, 7) is 4.53. The molecule has 3 N–H and O–H groups in total. The number of hydrogen-bond donors (Lipinski definition) is 3. The normalized spacial score (nSPS) is 10.4. The summed E-state index contributed by atoms with van der Waals surface area (Å²) < 4.78 is 0. The number of hydrogen-bond acceptors (Lipinski definition) is 3. The standard InChI is InChI=1S/C23H22N2O3/c1-15-9-16(2)11-17(10-15)14-24-22(26)20-7-3-5-18(12-20)19-6-4-8-21(13-19)23(27)25-28/h3-13,28H,14H2,1-2H3,(H,24,26)(H,25,27). The van der Waals surface area contributed by atoms with Crippen LogP contribution in [0.1, 0.15) is 37.4 Å². The molecule has 5 heteroatoms. The van der Waals surface area contributed by atoms with Crippen LogP contribution in [0, 0.1) is 13.8 Å². The third kappa shape index (κ3) is 4.64. The van der Waals surface area contributed by atoms with E-state index in [1.165, 1.54) is 0 Å². The molecule has 0 saturated carbocycles. The van der Waals surface area contributed by atoms with Crippen molar-refractivity contribution in [2.45, 2.75) is 20.4 Å². The molecule has 142 valence electrons. The number of benzene rings is 3. The Morgan fingerprint density at radius 1 is 0.786 bits per heavy atom. The average molecular weight is 374 g/mol. The predicted molar refractivity (Wildman–Crippen MR) is 108 cm³/mol. The van der Waals surface area contributed by atoms with Crippen molar-refractivity contribution in [3.05, 3.63) is 94.5 Å². The van der Waals surface area contributed by atoms with E-state index < -0.39 is 5.91 Å². The van der Waals surface area contributed by atoms with Gasteiger partial charge in [0.05, 0.1) is 0 Å². The maximum absolute atomic E-state index is 12.6. The monoisotopic (exact) mass is 374 g/mol. The van der Waals surface area contributed by atoms with Crippen LogP contribution in [0.5, 0.6) is 0 Å². The second kappa shape index (κ2) is 8.50. The van der Waals surface area contributed by atoms with E-state index in [2.05, 4.69) is 23.5 Å². The number of carbonyl (C=O) groups excluding carboxylic acids is 2. The van der Waals surface area contributed by atoms with E-state index in [1.54, 1.807) is 41.9 Å². The van der Waals surface area contributed by atoms with Crippen molar-refractivity contribution in [2.24, 2.45) is 0 Å². The number of carbonyl (C=O) groups is 2. The Morgan fingerprint density at radius 2 is 1.32 bits per heavy atom. The molecule has 0 fully saturated rings. The molecule has 0 atom stereocenters. The lowest BCUT2D eigenvalue weighted by molar-refractivity contribution is 0.0706. The van der Waals surface area contributed by atoms with Crippen LogP contribution in [0.2, 0.25) is 0 Å². The first-order chi connectivity index (χ1) is 13.5. The maximum Gasteiger partial charge on any atom is 0.274 e. The zero-order valence-electron chi connectivity index (χ0n) is 15.8. The van der Waals surface area contributed by atoms with Crippen LogP contribution in [0.3, 0.4) is 0 Å². The van der Waals surface area contributed by atoms with Crippen molar-refractivity contribution < 1.29 is 14.8 Å². The molecule has 28 heavy (non-hydrogen) atoms. The van der Waals surface area contributed by atoms with Gasteiger partial charge in [-0.05, 0) is 54.8 Å². The molecule has 0 heterocycles. The molecule has 0 aromatic heterocycles. The molecule has 0 radical (unpaired) electrons. The molecule has 0 spiro atoms. The molecule has 5 nitrogen and oxygen atoms in total. The molecule has 3 rings (SSSR count). The predicted octanol–water partition coefficient (Wildman–Crippen LogP) is 4.02. The SMILES string of the molecule is Cc1cc(C)cc(CNC(=O)c2cccc(-c3cccc(C(=O)NO)c3)c2)c1. The van der Waals surface area contributed by atoms with Gasteiger partial charge in [0.2, 0.25) is 0 Å². The first kappa shape index (κ1) is 19.3. The molecular weight excluding hydrogens is 352 g/mol. The van der Waals surface area contributed by atoms with Gasteiger partial charge in [-0.3, -0.25) is 14.8 Å². The van der Waals surface area contributed by atoms with Crippen molar-refractivity contribution in [1.82, 2.24) is 10.8 Å². The van der Waals surface area contributed by atoms with E-state index in [1.807, 2.05) is 26.0 Å². The molecule has 0 aliphatic rings. The first-order valence-electron chi connectivity index (χ1n) is 8.96. The summed E-state index contributed by atoms with van der Waals surface area (Å²) in [4.78, 5) is 24.2. The highest BCUT2D eigenvalue weighted by Gasteiger charge is 2.09. The maximum atomic E-state index is 12.6. The van der Waals surface area contributed by atoms with Gasteiger partial charge in [-0.25, -0.2) is 5.48 Å². The largest absolute Gasteiger partial charge is 0.348 e. The number of nitrogens with one attached hydrogen (secondary N) is 2. The Hall–Kier alpha value is -3.44. The van der Waals surface area contributed by atoms with Crippen LogP contribution in [0.4, 0.5) is 0 Å². The second-order valence-electron chi connectivity index (χ2n) is 6.78. The first-order valence-corrected chi connectivity index (χ1v) is 8.96. The molecule has 0 bridgehead atoms. The van der Waals surface area contributed by atoms with Gasteiger partial charge < -0.3 is 5.32 Å². The molecule has 3 aromatic carbocycles. The van der Waals surface area contributed by atoms with Gasteiger partial charge in [0, 0.05) is 17.7 Å². The van der Waals surface area contributed by atoms with E-state index in [0.29, 0.717) is 17.7 Å². The molecule has 0 saturated heterocycles. The number of rotatable bonds is 5. The number of aryl methyl sites for hydroxylation is 2. The summed E-state index contributed by atoms with van der Waals surface area (Å²) >= 11 is 0. The van der Waals surface area contributed by atoms with Gasteiger partial charge >= 0.3 is 0 Å². The lowest BCUT2D eigenvalue weighted by Crippen LogP contribution is -2.22. The summed E-state index contributed by atoms with van der Waals surface area (Å²) in [6.07, 6.45) is 0. The molecular formula is C23H22N2O3. The Labute approximate surface area is 164 Å². The minimum Gasteiger partial charge on any atom is -0.348 e. The Balaban J connectivity index is 1.77. The zero-order chi connectivity index (χ0) is 20.1. The van der Waals surface area contributed by atoms with Crippen LogP contribution < -0.4 is 10.8 Å². The van der Waals surface area contributed by atoms with Crippen molar-refractivity contribution in [3.63, 3.8) is 0 Å². The fourth-order valence-electron chi connectivity index (χ4n) is 3.20. The topological polar surface area (TPSA) is 78.4 Å². The van der Waals surface area contributed by atoms with Crippen molar-refractivity contribution >= 4 is 11.8 Å². The molecule has 3 aromatic rings. The van der Waals surface area contributed by atoms with Crippen LogP contribution in [0.25, 0.3) is 11.1 Å². The molecule has 0 unspecified atom stereocenters. The molecule has 0 aliphatic carbocycles. The summed E-state index contributed by atoms with van der Waals surface area (Å²) in [5.41, 5.74) is 7.49. The van der Waals surface area contributed by atoms with E-state index in [9.17, 15) is 9.59 Å². The highest BCUT2D eigenvalue weighted by atomic mass is 16.5. The molecule has 0 aliphatic heterocycles. The fraction of sp³-hybridized carbons (Fsp3) is 0.130. The van der Waals surface area contributed by atoms with Crippen molar-refractivity contribution in [3.8, 4) is 11.1 Å². The lowest BCUT2D eigenvalue weighted by Gasteiger charge is -2.09. The van der Waals surface area contributed by atoms with Gasteiger partial charge in [0.25, 0.3) is 11.8 Å². The van der Waals surface area contributed by atoms with Crippen molar-refractivity contribution in [1.29, 1.82) is 0 Å². The van der Waals surface area contributed by atoms with Crippen LogP contribution in [-0.4, -0.2) is 17.0 Å². The highest BCUT2D eigenvalue weighted by Crippen LogP contribution is 2.22. The van der Waals surface area contributed by atoms with E-state index in [-0.39, 0.29) is 5.91 Å².